The molecule has 0 aromatic heterocycles. The lowest BCUT2D eigenvalue weighted by Crippen LogP contribution is -2.08. The number of benzene rings is 1. The highest BCUT2D eigenvalue weighted by atomic mass is 19.2. The summed E-state index contributed by atoms with van der Waals surface area (Å²) in [4.78, 5) is 0. The van der Waals surface area contributed by atoms with Gasteiger partial charge in [-0.3, -0.25) is 0 Å². The summed E-state index contributed by atoms with van der Waals surface area (Å²) in [5, 5.41) is 0. The number of rotatable bonds is 6. The molecule has 0 N–H and O–H groups in total. The van der Waals surface area contributed by atoms with Gasteiger partial charge in [0.05, 0.1) is 0 Å². The van der Waals surface area contributed by atoms with Crippen LogP contribution >= 0.6 is 0 Å². The van der Waals surface area contributed by atoms with E-state index in [0.717, 1.165) is 37.3 Å². The number of halogens is 4. The Balaban J connectivity index is 0.000000221. The summed E-state index contributed by atoms with van der Waals surface area (Å²) in [5.74, 6) is 0.317. The van der Waals surface area contributed by atoms with Crippen molar-refractivity contribution in [3.05, 3.63) is 58.7 Å². The van der Waals surface area contributed by atoms with E-state index in [-0.39, 0.29) is 17.7 Å². The molecule has 1 aromatic carbocycles. The van der Waals surface area contributed by atoms with Crippen LogP contribution in [0.25, 0.3) is 0 Å². The van der Waals surface area contributed by atoms with E-state index in [4.69, 9.17) is 0 Å². The first-order valence-corrected chi connectivity index (χ1v) is 11.9. The minimum absolute atomic E-state index is 0.0467. The minimum Gasteiger partial charge on any atom is -0.247 e. The SMILES string of the molecule is CC(C)c1cc(C2CCCCC2)ccc1F.FC/C=C(\C=C(\F)CF)C1CCCCC1. The highest BCUT2D eigenvalue weighted by Gasteiger charge is 2.18. The van der Waals surface area contributed by atoms with Crippen LogP contribution in [-0.2, 0) is 0 Å². The van der Waals surface area contributed by atoms with Crippen LogP contribution in [0.15, 0.2) is 41.8 Å². The molecule has 1 aromatic rings. The third kappa shape index (κ3) is 8.46. The van der Waals surface area contributed by atoms with E-state index in [9.17, 15) is 17.6 Å². The van der Waals surface area contributed by atoms with Gasteiger partial charge < -0.3 is 0 Å². The first-order valence-electron chi connectivity index (χ1n) is 11.9. The smallest absolute Gasteiger partial charge is 0.141 e. The van der Waals surface area contributed by atoms with Gasteiger partial charge in [-0.1, -0.05) is 70.6 Å². The van der Waals surface area contributed by atoms with E-state index in [1.54, 1.807) is 6.07 Å². The molecule has 2 saturated carbocycles. The second kappa shape index (κ2) is 13.8. The van der Waals surface area contributed by atoms with Gasteiger partial charge in [0.15, 0.2) is 0 Å². The summed E-state index contributed by atoms with van der Waals surface area (Å²) >= 11 is 0. The zero-order valence-corrected chi connectivity index (χ0v) is 19.1. The van der Waals surface area contributed by atoms with Gasteiger partial charge in [-0.2, -0.15) is 0 Å². The zero-order chi connectivity index (χ0) is 22.6. The molecule has 0 radical (unpaired) electrons. The van der Waals surface area contributed by atoms with E-state index < -0.39 is 19.2 Å². The van der Waals surface area contributed by atoms with Crippen LogP contribution in [0.3, 0.4) is 0 Å². The largest absolute Gasteiger partial charge is 0.247 e. The topological polar surface area (TPSA) is 0 Å². The quantitative estimate of drug-likeness (QED) is 0.307. The van der Waals surface area contributed by atoms with Crippen LogP contribution in [0.4, 0.5) is 17.6 Å². The lowest BCUT2D eigenvalue weighted by Gasteiger charge is -2.23. The maximum absolute atomic E-state index is 13.6. The molecule has 2 fully saturated rings. The van der Waals surface area contributed by atoms with Crippen LogP contribution in [0.1, 0.15) is 101 Å². The summed E-state index contributed by atoms with van der Waals surface area (Å²) in [5.41, 5.74) is 2.86. The van der Waals surface area contributed by atoms with Crippen molar-refractivity contribution in [2.75, 3.05) is 13.3 Å². The number of allylic oxidation sites excluding steroid dienone is 4. The lowest BCUT2D eigenvalue weighted by molar-refractivity contribution is 0.402. The van der Waals surface area contributed by atoms with Gasteiger partial charge in [-0.25, -0.2) is 17.6 Å². The summed E-state index contributed by atoms with van der Waals surface area (Å²) in [6, 6.07) is 5.73. The molecule has 4 heteroatoms. The van der Waals surface area contributed by atoms with Crippen molar-refractivity contribution in [3.8, 4) is 0 Å². The normalized spacial score (nSPS) is 19.3. The summed E-state index contributed by atoms with van der Waals surface area (Å²) in [7, 11) is 0. The third-order valence-electron chi connectivity index (χ3n) is 6.56. The Labute approximate surface area is 185 Å². The Hall–Kier alpha value is -1.58. The van der Waals surface area contributed by atoms with E-state index in [1.807, 2.05) is 6.07 Å². The van der Waals surface area contributed by atoms with Crippen molar-refractivity contribution < 1.29 is 17.6 Å². The maximum atomic E-state index is 13.6. The van der Waals surface area contributed by atoms with Crippen molar-refractivity contribution in [1.82, 2.24) is 0 Å². The molecule has 0 saturated heterocycles. The molecule has 2 aliphatic carbocycles. The van der Waals surface area contributed by atoms with Crippen molar-refractivity contribution in [3.63, 3.8) is 0 Å². The van der Waals surface area contributed by atoms with Gasteiger partial charge in [-0.05, 0) is 72.3 Å². The molecule has 0 aliphatic heterocycles. The molecule has 0 bridgehead atoms. The second-order valence-corrected chi connectivity index (χ2v) is 9.19. The van der Waals surface area contributed by atoms with Crippen LogP contribution in [0.2, 0.25) is 0 Å². The van der Waals surface area contributed by atoms with Gasteiger partial charge in [0.25, 0.3) is 0 Å². The Morgan fingerprint density at radius 2 is 1.58 bits per heavy atom. The van der Waals surface area contributed by atoms with Gasteiger partial charge >= 0.3 is 0 Å². The summed E-state index contributed by atoms with van der Waals surface area (Å²) in [6.45, 7) is 2.41. The predicted molar refractivity (Wildman–Crippen MR) is 122 cm³/mol. The number of hydrogen-bond donors (Lipinski definition) is 0. The molecule has 31 heavy (non-hydrogen) atoms. The molecule has 0 spiro atoms. The van der Waals surface area contributed by atoms with E-state index in [0.29, 0.717) is 11.5 Å². The van der Waals surface area contributed by atoms with Crippen LogP contribution in [-0.4, -0.2) is 13.3 Å². The van der Waals surface area contributed by atoms with Crippen molar-refractivity contribution in [2.45, 2.75) is 89.9 Å². The molecular weight excluding hydrogens is 400 g/mol. The average Bonchev–Trinajstić information content (AvgIpc) is 2.80. The number of alkyl halides is 2. The van der Waals surface area contributed by atoms with Gasteiger partial charge in [-0.15, -0.1) is 0 Å². The van der Waals surface area contributed by atoms with Gasteiger partial charge in [0, 0.05) is 0 Å². The van der Waals surface area contributed by atoms with Crippen molar-refractivity contribution >= 4 is 0 Å². The molecular formula is C27H38F4. The highest BCUT2D eigenvalue weighted by molar-refractivity contribution is 5.30. The molecule has 0 nitrogen and oxygen atoms in total. The highest BCUT2D eigenvalue weighted by Crippen LogP contribution is 2.34. The van der Waals surface area contributed by atoms with Crippen molar-refractivity contribution in [2.24, 2.45) is 5.92 Å². The fourth-order valence-corrected chi connectivity index (χ4v) is 4.78. The Morgan fingerprint density at radius 1 is 0.968 bits per heavy atom. The molecule has 3 rings (SSSR count). The average molecular weight is 439 g/mol. The lowest BCUT2D eigenvalue weighted by atomic mass is 9.83. The Morgan fingerprint density at radius 3 is 2.13 bits per heavy atom. The first kappa shape index (κ1) is 25.7. The third-order valence-corrected chi connectivity index (χ3v) is 6.56. The zero-order valence-electron chi connectivity index (χ0n) is 19.1. The molecule has 0 atom stereocenters. The van der Waals surface area contributed by atoms with E-state index >= 15 is 0 Å². The maximum Gasteiger partial charge on any atom is 0.141 e. The fraction of sp³-hybridized carbons (Fsp3) is 0.630. The predicted octanol–water partition coefficient (Wildman–Crippen LogP) is 9.28. The van der Waals surface area contributed by atoms with E-state index in [1.165, 1.54) is 50.2 Å². The molecule has 0 heterocycles. The van der Waals surface area contributed by atoms with Gasteiger partial charge in [0.1, 0.15) is 25.0 Å². The minimum atomic E-state index is -1.10. The Kier molecular flexibility index (Phi) is 11.4. The monoisotopic (exact) mass is 438 g/mol. The van der Waals surface area contributed by atoms with Crippen LogP contribution in [0.5, 0.6) is 0 Å². The summed E-state index contributed by atoms with van der Waals surface area (Å²) in [6.07, 6.45) is 14.4. The summed E-state index contributed by atoms with van der Waals surface area (Å²) < 4.78 is 50.6. The van der Waals surface area contributed by atoms with E-state index in [2.05, 4.69) is 19.9 Å². The van der Waals surface area contributed by atoms with Crippen molar-refractivity contribution in [1.29, 1.82) is 0 Å². The van der Waals surface area contributed by atoms with Gasteiger partial charge in [0.2, 0.25) is 0 Å². The first-order chi connectivity index (χ1) is 15.0. The second-order valence-electron chi connectivity index (χ2n) is 9.19. The number of hydrogen-bond acceptors (Lipinski definition) is 0. The molecule has 0 amide bonds. The molecule has 174 valence electrons. The fourth-order valence-electron chi connectivity index (χ4n) is 4.78. The standard InChI is InChI=1S/C15H21F.C12H17F3/c1-11(2)14-10-13(8-9-15(14)16)12-6-4-3-5-7-12;13-7-6-11(8-12(15)9-14)10-4-2-1-3-5-10/h8-12H,3-7H2,1-2H3;6,8,10H,1-5,7,9H2/b;11-6+,12-8+. The van der Waals surface area contributed by atoms with Crippen LogP contribution in [0, 0.1) is 11.7 Å². The van der Waals surface area contributed by atoms with Crippen LogP contribution < -0.4 is 0 Å². The Bertz CT molecular complexity index is 708. The molecule has 2 aliphatic rings. The molecule has 0 unspecified atom stereocenters.